The minimum Gasteiger partial charge on any atom is -0.350 e. The summed E-state index contributed by atoms with van der Waals surface area (Å²) < 4.78 is 39.4. The van der Waals surface area contributed by atoms with Gasteiger partial charge in [-0.2, -0.15) is 13.2 Å². The van der Waals surface area contributed by atoms with Gasteiger partial charge in [-0.1, -0.05) is 18.2 Å². The van der Waals surface area contributed by atoms with Crippen molar-refractivity contribution in [3.05, 3.63) is 35.9 Å². The van der Waals surface area contributed by atoms with E-state index in [1.54, 1.807) is 30.3 Å². The molecule has 1 amide bonds. The molecule has 2 rings (SSSR count). The summed E-state index contributed by atoms with van der Waals surface area (Å²) in [5.41, 5.74) is 0.360. The molecule has 1 saturated heterocycles. The van der Waals surface area contributed by atoms with Crippen molar-refractivity contribution in [1.29, 1.82) is 0 Å². The van der Waals surface area contributed by atoms with Crippen molar-refractivity contribution in [3.63, 3.8) is 0 Å². The van der Waals surface area contributed by atoms with E-state index in [9.17, 15) is 18.0 Å². The van der Waals surface area contributed by atoms with Gasteiger partial charge in [-0.25, -0.2) is 0 Å². The van der Waals surface area contributed by atoms with Crippen molar-refractivity contribution in [2.24, 2.45) is 0 Å². The van der Waals surface area contributed by atoms with E-state index in [-0.39, 0.29) is 0 Å². The lowest BCUT2D eigenvalue weighted by atomic mass is 10.1. The van der Waals surface area contributed by atoms with Crippen molar-refractivity contribution in [2.75, 3.05) is 32.7 Å². The van der Waals surface area contributed by atoms with Gasteiger partial charge in [0.1, 0.15) is 6.04 Å². The zero-order chi connectivity index (χ0) is 15.3. The maximum Gasteiger partial charge on any atom is 0.405 e. The number of nitrogens with one attached hydrogen (secondary N) is 2. The van der Waals surface area contributed by atoms with E-state index < -0.39 is 24.7 Å². The molecule has 116 valence electrons. The normalized spacial score (nSPS) is 18.2. The van der Waals surface area contributed by atoms with E-state index in [2.05, 4.69) is 10.6 Å². The third-order valence-corrected chi connectivity index (χ3v) is 3.46. The highest BCUT2D eigenvalue weighted by molar-refractivity contribution is 5.94. The molecule has 1 atom stereocenters. The standard InChI is InChI=1S/C14H18F3N3O/c15-14(16,17)12(20-8-6-18-7-9-20)10-19-13(21)11-4-2-1-3-5-11/h1-5,12,18H,6-10H2,(H,19,21). The molecule has 1 heterocycles. The first-order valence-electron chi connectivity index (χ1n) is 6.83. The molecule has 0 saturated carbocycles. The fraction of sp³-hybridized carbons (Fsp3) is 0.500. The van der Waals surface area contributed by atoms with Crippen LogP contribution in [0.5, 0.6) is 0 Å². The Kier molecular flexibility index (Phi) is 5.19. The van der Waals surface area contributed by atoms with E-state index in [0.29, 0.717) is 31.7 Å². The monoisotopic (exact) mass is 301 g/mol. The molecule has 1 fully saturated rings. The van der Waals surface area contributed by atoms with E-state index in [0.717, 1.165) is 0 Å². The summed E-state index contributed by atoms with van der Waals surface area (Å²) in [5.74, 6) is -0.486. The zero-order valence-electron chi connectivity index (χ0n) is 11.5. The first-order valence-corrected chi connectivity index (χ1v) is 6.83. The topological polar surface area (TPSA) is 44.4 Å². The van der Waals surface area contributed by atoms with Crippen molar-refractivity contribution in [3.8, 4) is 0 Å². The molecule has 1 aliphatic heterocycles. The van der Waals surface area contributed by atoms with Gasteiger partial charge in [-0.3, -0.25) is 9.69 Å². The van der Waals surface area contributed by atoms with Crippen LogP contribution in [0.25, 0.3) is 0 Å². The molecule has 7 heteroatoms. The zero-order valence-corrected chi connectivity index (χ0v) is 11.5. The van der Waals surface area contributed by atoms with E-state index >= 15 is 0 Å². The molecule has 0 bridgehead atoms. The number of hydrogen-bond donors (Lipinski definition) is 2. The third kappa shape index (κ3) is 4.44. The van der Waals surface area contributed by atoms with E-state index in [4.69, 9.17) is 0 Å². The van der Waals surface area contributed by atoms with Gasteiger partial charge in [0.2, 0.25) is 0 Å². The van der Waals surface area contributed by atoms with Gasteiger partial charge in [0.15, 0.2) is 0 Å². The van der Waals surface area contributed by atoms with Crippen LogP contribution in [0.1, 0.15) is 10.4 Å². The highest BCUT2D eigenvalue weighted by atomic mass is 19.4. The Balaban J connectivity index is 1.97. The van der Waals surface area contributed by atoms with Crippen molar-refractivity contribution in [2.45, 2.75) is 12.2 Å². The highest BCUT2D eigenvalue weighted by Crippen LogP contribution is 2.24. The molecule has 2 N–H and O–H groups in total. The third-order valence-electron chi connectivity index (χ3n) is 3.46. The lowest BCUT2D eigenvalue weighted by Crippen LogP contribution is -2.57. The van der Waals surface area contributed by atoms with Crippen molar-refractivity contribution in [1.82, 2.24) is 15.5 Å². The maximum atomic E-state index is 13.1. The van der Waals surface area contributed by atoms with Crippen LogP contribution < -0.4 is 10.6 Å². The first-order chi connectivity index (χ1) is 9.98. The Morgan fingerprint density at radius 2 is 1.86 bits per heavy atom. The van der Waals surface area contributed by atoms with Gasteiger partial charge in [0, 0.05) is 38.3 Å². The summed E-state index contributed by atoms with van der Waals surface area (Å²) in [6.45, 7) is 1.27. The van der Waals surface area contributed by atoms with Gasteiger partial charge in [0.05, 0.1) is 0 Å². The molecule has 0 spiro atoms. The van der Waals surface area contributed by atoms with E-state index in [1.807, 2.05) is 0 Å². The fourth-order valence-corrected chi connectivity index (χ4v) is 2.33. The SMILES string of the molecule is O=C(NCC(N1CCNCC1)C(F)(F)F)c1ccccc1. The average Bonchev–Trinajstić information content (AvgIpc) is 2.48. The number of piperazine rings is 1. The van der Waals surface area contributed by atoms with Crippen LogP contribution in [-0.4, -0.2) is 55.7 Å². The quantitative estimate of drug-likeness (QED) is 0.880. The number of benzene rings is 1. The lowest BCUT2D eigenvalue weighted by molar-refractivity contribution is -0.183. The number of rotatable bonds is 4. The van der Waals surface area contributed by atoms with Crippen molar-refractivity contribution < 1.29 is 18.0 Å². The number of alkyl halides is 3. The second-order valence-corrected chi connectivity index (χ2v) is 4.92. The maximum absolute atomic E-state index is 13.1. The Hall–Kier alpha value is -1.60. The fourth-order valence-electron chi connectivity index (χ4n) is 2.33. The molecule has 0 aromatic heterocycles. The summed E-state index contributed by atoms with van der Waals surface area (Å²) in [6.07, 6.45) is -4.36. The summed E-state index contributed by atoms with van der Waals surface area (Å²) >= 11 is 0. The highest BCUT2D eigenvalue weighted by Gasteiger charge is 2.43. The smallest absolute Gasteiger partial charge is 0.350 e. The predicted molar refractivity (Wildman–Crippen MR) is 73.1 cm³/mol. The number of nitrogens with zero attached hydrogens (tertiary/aromatic N) is 1. The van der Waals surface area contributed by atoms with Crippen LogP contribution >= 0.6 is 0 Å². The number of halogens is 3. The molecular weight excluding hydrogens is 283 g/mol. The largest absolute Gasteiger partial charge is 0.405 e. The molecule has 1 unspecified atom stereocenters. The van der Waals surface area contributed by atoms with E-state index in [1.165, 1.54) is 4.90 Å². The molecule has 21 heavy (non-hydrogen) atoms. The summed E-state index contributed by atoms with van der Waals surface area (Å²) in [5, 5.41) is 5.40. The van der Waals surface area contributed by atoms with Gasteiger partial charge in [-0.05, 0) is 12.1 Å². The Morgan fingerprint density at radius 3 is 2.43 bits per heavy atom. The summed E-state index contributed by atoms with van der Waals surface area (Å²) in [7, 11) is 0. The van der Waals surface area contributed by atoms with Crippen LogP contribution in [0.2, 0.25) is 0 Å². The molecule has 4 nitrogen and oxygen atoms in total. The molecular formula is C14H18F3N3O. The average molecular weight is 301 g/mol. The second kappa shape index (κ2) is 6.91. The van der Waals surface area contributed by atoms with Crippen LogP contribution in [0.4, 0.5) is 13.2 Å². The Bertz CT molecular complexity index is 458. The van der Waals surface area contributed by atoms with Crippen LogP contribution in [0.15, 0.2) is 30.3 Å². The summed E-state index contributed by atoms with van der Waals surface area (Å²) in [6, 6.07) is 6.59. The molecule has 0 aliphatic carbocycles. The van der Waals surface area contributed by atoms with Crippen LogP contribution in [0.3, 0.4) is 0 Å². The lowest BCUT2D eigenvalue weighted by Gasteiger charge is -2.35. The van der Waals surface area contributed by atoms with Crippen molar-refractivity contribution >= 4 is 5.91 Å². The number of carbonyl (C=O) groups is 1. The molecule has 1 aliphatic rings. The van der Waals surface area contributed by atoms with Gasteiger partial charge in [-0.15, -0.1) is 0 Å². The molecule has 0 radical (unpaired) electrons. The molecule has 1 aromatic carbocycles. The minimum atomic E-state index is -4.36. The number of hydrogen-bond acceptors (Lipinski definition) is 3. The van der Waals surface area contributed by atoms with Crippen LogP contribution in [0, 0.1) is 0 Å². The van der Waals surface area contributed by atoms with Crippen LogP contribution in [-0.2, 0) is 0 Å². The number of carbonyl (C=O) groups excluding carboxylic acids is 1. The molecule has 1 aromatic rings. The second-order valence-electron chi connectivity index (χ2n) is 4.92. The number of amides is 1. The Labute approximate surface area is 121 Å². The Morgan fingerprint density at radius 1 is 1.24 bits per heavy atom. The predicted octanol–water partition coefficient (Wildman–Crippen LogP) is 1.25. The minimum absolute atomic E-state index is 0.325. The van der Waals surface area contributed by atoms with Gasteiger partial charge < -0.3 is 10.6 Å². The first kappa shape index (κ1) is 15.8. The van der Waals surface area contributed by atoms with Gasteiger partial charge >= 0.3 is 6.18 Å². The van der Waals surface area contributed by atoms with Gasteiger partial charge in [0.25, 0.3) is 5.91 Å². The summed E-state index contributed by atoms with van der Waals surface area (Å²) in [4.78, 5) is 13.2.